The fourth-order valence-electron chi connectivity index (χ4n) is 2.44. The second-order valence-electron chi connectivity index (χ2n) is 5.49. The highest BCUT2D eigenvalue weighted by molar-refractivity contribution is 5.64. The maximum atomic E-state index is 14.2. The van der Waals surface area contributed by atoms with Crippen LogP contribution < -0.4 is 4.74 Å². The van der Waals surface area contributed by atoms with E-state index in [1.807, 2.05) is 0 Å². The summed E-state index contributed by atoms with van der Waals surface area (Å²) >= 11 is 0. The van der Waals surface area contributed by atoms with Gasteiger partial charge in [-0.3, -0.25) is 0 Å². The van der Waals surface area contributed by atoms with Crippen LogP contribution in [0, 0.1) is 29.1 Å². The van der Waals surface area contributed by atoms with Gasteiger partial charge in [-0.25, -0.2) is 22.0 Å². The lowest BCUT2D eigenvalue weighted by Crippen LogP contribution is -2.25. The van der Waals surface area contributed by atoms with Crippen molar-refractivity contribution >= 4 is 0 Å². The third kappa shape index (κ3) is 3.74. The number of rotatable bonds is 4. The van der Waals surface area contributed by atoms with E-state index in [9.17, 15) is 30.7 Å². The van der Waals surface area contributed by atoms with E-state index in [0.29, 0.717) is 30.3 Å². The number of hydrogen-bond donors (Lipinski definition) is 0. The summed E-state index contributed by atoms with van der Waals surface area (Å²) in [5, 5.41) is 0. The minimum atomic E-state index is -4.54. The van der Waals surface area contributed by atoms with Gasteiger partial charge in [0.1, 0.15) is 28.8 Å². The molecule has 0 aliphatic heterocycles. The van der Waals surface area contributed by atoms with Crippen molar-refractivity contribution in [1.29, 1.82) is 0 Å². The molecule has 0 spiro atoms. The third-order valence-electron chi connectivity index (χ3n) is 3.66. The van der Waals surface area contributed by atoms with Crippen LogP contribution in [-0.4, -0.2) is 0 Å². The molecule has 0 amide bonds. The van der Waals surface area contributed by atoms with E-state index in [4.69, 9.17) is 0 Å². The quantitative estimate of drug-likeness (QED) is 0.487. The Morgan fingerprint density at radius 3 is 1.85 bits per heavy atom. The van der Waals surface area contributed by atoms with Crippen LogP contribution >= 0.6 is 0 Å². The van der Waals surface area contributed by atoms with Crippen molar-refractivity contribution in [2.45, 2.75) is 6.11 Å². The van der Waals surface area contributed by atoms with Gasteiger partial charge in [-0.1, -0.05) is 18.2 Å². The summed E-state index contributed by atoms with van der Waals surface area (Å²) in [5.74, 6) is -7.80. The van der Waals surface area contributed by atoms with Gasteiger partial charge in [0.25, 0.3) is 0 Å². The molecule has 0 saturated heterocycles. The van der Waals surface area contributed by atoms with E-state index < -0.39 is 46.5 Å². The number of alkyl halides is 2. The third-order valence-corrected chi connectivity index (χ3v) is 3.66. The van der Waals surface area contributed by atoms with Gasteiger partial charge < -0.3 is 4.74 Å². The molecule has 0 N–H and O–H groups in total. The fourth-order valence-corrected chi connectivity index (χ4v) is 2.44. The molecule has 8 heteroatoms. The van der Waals surface area contributed by atoms with Crippen LogP contribution in [0.4, 0.5) is 30.7 Å². The molecule has 0 unspecified atom stereocenters. The highest BCUT2D eigenvalue weighted by Crippen LogP contribution is 2.37. The Morgan fingerprint density at radius 2 is 1.26 bits per heavy atom. The molecule has 0 heterocycles. The average Bonchev–Trinajstić information content (AvgIpc) is 2.57. The van der Waals surface area contributed by atoms with E-state index in [-0.39, 0.29) is 11.1 Å². The molecule has 0 aliphatic carbocycles. The second kappa shape index (κ2) is 6.94. The fraction of sp³-hybridized carbons (Fsp3) is 0.0526. The SMILES string of the molecule is Fc1ccc(OC(F)(F)c2c(F)cc(-c3ccccc3F)cc2F)cc1F. The molecule has 0 atom stereocenters. The van der Waals surface area contributed by atoms with Crippen molar-refractivity contribution in [2.24, 2.45) is 0 Å². The molecule has 0 aromatic heterocycles. The van der Waals surface area contributed by atoms with Gasteiger partial charge in [0, 0.05) is 11.6 Å². The zero-order valence-electron chi connectivity index (χ0n) is 13.3. The van der Waals surface area contributed by atoms with E-state index in [1.165, 1.54) is 18.2 Å². The lowest BCUT2D eigenvalue weighted by atomic mass is 10.0. The maximum absolute atomic E-state index is 14.2. The van der Waals surface area contributed by atoms with Gasteiger partial charge >= 0.3 is 6.11 Å². The Morgan fingerprint density at radius 1 is 0.630 bits per heavy atom. The molecule has 3 aromatic rings. The first-order chi connectivity index (χ1) is 12.7. The number of benzene rings is 3. The molecular formula is C19H9F7O. The molecule has 1 nitrogen and oxygen atoms in total. The minimum absolute atomic E-state index is 0.188. The topological polar surface area (TPSA) is 9.23 Å². The molecule has 140 valence electrons. The van der Waals surface area contributed by atoms with Gasteiger partial charge in [-0.2, -0.15) is 8.78 Å². The summed E-state index contributed by atoms with van der Waals surface area (Å²) in [5.41, 5.74) is -2.23. The predicted molar refractivity (Wildman–Crippen MR) is 82.6 cm³/mol. The van der Waals surface area contributed by atoms with Crippen LogP contribution in [0.1, 0.15) is 5.56 Å². The first-order valence-corrected chi connectivity index (χ1v) is 7.45. The monoisotopic (exact) mass is 386 g/mol. The Labute approximate surface area is 148 Å². The van der Waals surface area contributed by atoms with Crippen LogP contribution in [0.15, 0.2) is 54.6 Å². The normalized spacial score (nSPS) is 11.5. The lowest BCUT2D eigenvalue weighted by Gasteiger charge is -2.20. The van der Waals surface area contributed by atoms with Gasteiger partial charge in [-0.05, 0) is 35.9 Å². The molecule has 0 aliphatic rings. The van der Waals surface area contributed by atoms with Crippen molar-refractivity contribution < 1.29 is 35.5 Å². The van der Waals surface area contributed by atoms with Crippen molar-refractivity contribution in [2.75, 3.05) is 0 Å². The van der Waals surface area contributed by atoms with Crippen molar-refractivity contribution in [1.82, 2.24) is 0 Å². The average molecular weight is 386 g/mol. The van der Waals surface area contributed by atoms with Crippen molar-refractivity contribution in [3.05, 3.63) is 89.2 Å². The highest BCUT2D eigenvalue weighted by Gasteiger charge is 2.41. The zero-order valence-corrected chi connectivity index (χ0v) is 13.3. The molecule has 27 heavy (non-hydrogen) atoms. The molecule has 3 rings (SSSR count). The van der Waals surface area contributed by atoms with Gasteiger partial charge in [0.15, 0.2) is 11.6 Å². The van der Waals surface area contributed by atoms with Crippen LogP contribution in [0.5, 0.6) is 5.75 Å². The largest absolute Gasteiger partial charge is 0.432 e. The smallest absolute Gasteiger partial charge is 0.429 e. The van der Waals surface area contributed by atoms with Crippen LogP contribution in [-0.2, 0) is 6.11 Å². The Kier molecular flexibility index (Phi) is 4.82. The van der Waals surface area contributed by atoms with Crippen LogP contribution in [0.25, 0.3) is 11.1 Å². The first-order valence-electron chi connectivity index (χ1n) is 7.45. The van der Waals surface area contributed by atoms with E-state index in [2.05, 4.69) is 4.74 Å². The molecule has 0 saturated carbocycles. The standard InChI is InChI=1S/C19H9F7O/c20-13-4-2-1-3-12(13)10-7-16(23)18(17(24)8-10)19(25,26)27-11-5-6-14(21)15(22)9-11/h1-9H. The molecule has 0 bridgehead atoms. The number of ether oxygens (including phenoxy) is 1. The summed E-state index contributed by atoms with van der Waals surface area (Å²) in [6.07, 6.45) is -4.54. The lowest BCUT2D eigenvalue weighted by molar-refractivity contribution is -0.189. The number of hydrogen-bond acceptors (Lipinski definition) is 1. The summed E-state index contributed by atoms with van der Waals surface area (Å²) in [6, 6.07) is 7.59. The second-order valence-corrected chi connectivity index (χ2v) is 5.49. The molecule has 3 aromatic carbocycles. The van der Waals surface area contributed by atoms with Gasteiger partial charge in [0.05, 0.1) is 0 Å². The van der Waals surface area contributed by atoms with Gasteiger partial charge in [0.2, 0.25) is 0 Å². The molecule has 0 radical (unpaired) electrons. The van der Waals surface area contributed by atoms with Gasteiger partial charge in [-0.15, -0.1) is 0 Å². The molecule has 0 fully saturated rings. The van der Waals surface area contributed by atoms with E-state index in [1.54, 1.807) is 0 Å². The van der Waals surface area contributed by atoms with Crippen molar-refractivity contribution in [3.8, 4) is 16.9 Å². The Hall–Kier alpha value is -3.03. The Bertz CT molecular complexity index is 978. The summed E-state index contributed by atoms with van der Waals surface area (Å²) in [4.78, 5) is 0. The molecular weight excluding hydrogens is 377 g/mol. The van der Waals surface area contributed by atoms with Crippen LogP contribution in [0.2, 0.25) is 0 Å². The highest BCUT2D eigenvalue weighted by atomic mass is 19.3. The zero-order chi connectivity index (χ0) is 19.8. The summed E-state index contributed by atoms with van der Waals surface area (Å²) in [7, 11) is 0. The van der Waals surface area contributed by atoms with Crippen molar-refractivity contribution in [3.63, 3.8) is 0 Å². The predicted octanol–water partition coefficient (Wildman–Crippen LogP) is 6.18. The van der Waals surface area contributed by atoms with E-state index in [0.717, 1.165) is 6.07 Å². The van der Waals surface area contributed by atoms with Crippen LogP contribution in [0.3, 0.4) is 0 Å². The Balaban J connectivity index is 2.00. The first kappa shape index (κ1) is 18.8. The summed E-state index contributed by atoms with van der Waals surface area (Å²) in [6.45, 7) is 0. The number of halogens is 7. The van der Waals surface area contributed by atoms with E-state index >= 15 is 0 Å². The maximum Gasteiger partial charge on any atom is 0.432 e. The summed E-state index contributed by atoms with van der Waals surface area (Å²) < 4.78 is 101. The minimum Gasteiger partial charge on any atom is -0.429 e.